The first-order chi connectivity index (χ1) is 14.0. The number of rotatable bonds is 6. The Hall–Kier alpha value is -1.19. The van der Waals surface area contributed by atoms with Crippen molar-refractivity contribution in [2.45, 2.75) is 104 Å². The van der Waals surface area contributed by atoms with Crippen LogP contribution in [0.25, 0.3) is 0 Å². The van der Waals surface area contributed by atoms with Crippen LogP contribution in [0.1, 0.15) is 91.9 Å². The first kappa shape index (κ1) is 23.5. The molecule has 3 heteroatoms. The highest BCUT2D eigenvalue weighted by Crippen LogP contribution is 2.59. The van der Waals surface area contributed by atoms with Crippen molar-refractivity contribution in [3.05, 3.63) is 35.5 Å². The predicted octanol–water partition coefficient (Wildman–Crippen LogP) is 5.91. The van der Waals surface area contributed by atoms with Crippen LogP contribution in [0.4, 0.5) is 0 Å². The van der Waals surface area contributed by atoms with E-state index in [2.05, 4.69) is 32.6 Å². The molecule has 3 unspecified atom stereocenters. The molecule has 0 aromatic carbocycles. The van der Waals surface area contributed by atoms with Crippen LogP contribution in [0, 0.1) is 23.2 Å². The molecule has 0 aliphatic heterocycles. The summed E-state index contributed by atoms with van der Waals surface area (Å²) >= 11 is 0. The van der Waals surface area contributed by atoms with Gasteiger partial charge >= 0.3 is 0 Å². The quantitative estimate of drug-likeness (QED) is 0.568. The summed E-state index contributed by atoms with van der Waals surface area (Å²) < 4.78 is 0. The van der Waals surface area contributed by atoms with E-state index in [1.165, 1.54) is 36.0 Å². The molecule has 0 aromatic heterocycles. The lowest BCUT2D eigenvalue weighted by atomic mass is 9.60. The fraction of sp³-hybridized carbons (Fsp3) is 0.741. The van der Waals surface area contributed by atoms with Gasteiger partial charge in [-0.05, 0) is 94.5 Å². The number of hydrogen-bond acceptors (Lipinski definition) is 3. The fourth-order valence-corrected chi connectivity index (χ4v) is 6.38. The smallest absolute Gasteiger partial charge is 0.136 e. The number of carbonyl (C=O) groups is 1. The maximum Gasteiger partial charge on any atom is 0.136 e. The zero-order valence-corrected chi connectivity index (χ0v) is 19.5. The zero-order chi connectivity index (χ0) is 22.1. The molecule has 0 heterocycles. The van der Waals surface area contributed by atoms with Crippen LogP contribution in [0.2, 0.25) is 0 Å². The van der Waals surface area contributed by atoms with Crippen LogP contribution < -0.4 is 0 Å². The molecule has 2 N–H and O–H groups in total. The normalized spacial score (nSPS) is 36.2. The summed E-state index contributed by atoms with van der Waals surface area (Å²) in [5.41, 5.74) is 3.32. The lowest BCUT2D eigenvalue weighted by molar-refractivity contribution is -0.126. The Bertz CT molecular complexity index is 723. The third-order valence-electron chi connectivity index (χ3n) is 8.32. The molecule has 0 amide bonds. The molecular formula is C27H42O3. The average molecular weight is 415 g/mol. The average Bonchev–Trinajstić information content (AvgIpc) is 3.03. The second kappa shape index (κ2) is 9.12. The van der Waals surface area contributed by atoms with E-state index < -0.39 is 5.60 Å². The van der Waals surface area contributed by atoms with Crippen molar-refractivity contribution in [3.8, 4) is 0 Å². The van der Waals surface area contributed by atoms with Crippen molar-refractivity contribution >= 4 is 5.78 Å². The number of ketones is 1. The lowest BCUT2D eigenvalue weighted by Crippen LogP contribution is -2.38. The van der Waals surface area contributed by atoms with E-state index in [0.717, 1.165) is 32.1 Å². The Kier molecular flexibility index (Phi) is 7.14. The molecule has 3 aliphatic carbocycles. The number of fused-ring (bicyclic) bond motifs is 1. The van der Waals surface area contributed by atoms with Crippen molar-refractivity contribution in [2.75, 3.05) is 0 Å². The minimum Gasteiger partial charge on any atom is -0.393 e. The van der Waals surface area contributed by atoms with Crippen LogP contribution in [0.15, 0.2) is 35.5 Å². The van der Waals surface area contributed by atoms with Gasteiger partial charge in [-0.3, -0.25) is 4.79 Å². The minimum absolute atomic E-state index is 0.0633. The SMILES string of the molecule is C=C1CC[C@H](O)C/C1=C\C=C1\CCCC2(C)C1CC[C@@H]2C(C)C(=O)CCC(C)(C)O. The molecule has 3 nitrogen and oxygen atoms in total. The van der Waals surface area contributed by atoms with Gasteiger partial charge < -0.3 is 10.2 Å². The number of aliphatic hydroxyl groups excluding tert-OH is 1. The Morgan fingerprint density at radius 1 is 1.27 bits per heavy atom. The van der Waals surface area contributed by atoms with Crippen molar-refractivity contribution in [2.24, 2.45) is 23.2 Å². The summed E-state index contributed by atoms with van der Waals surface area (Å²) in [6.45, 7) is 12.3. The van der Waals surface area contributed by atoms with Crippen LogP contribution in [-0.2, 0) is 4.79 Å². The number of aliphatic hydroxyl groups is 2. The topological polar surface area (TPSA) is 57.5 Å². The molecule has 168 valence electrons. The van der Waals surface area contributed by atoms with Crippen LogP contribution in [-0.4, -0.2) is 27.7 Å². The van der Waals surface area contributed by atoms with Gasteiger partial charge in [-0.25, -0.2) is 0 Å². The molecule has 3 rings (SSSR count). The van der Waals surface area contributed by atoms with Crippen LogP contribution in [0.5, 0.6) is 0 Å². The summed E-state index contributed by atoms with van der Waals surface area (Å²) in [7, 11) is 0. The zero-order valence-electron chi connectivity index (χ0n) is 19.5. The predicted molar refractivity (Wildman–Crippen MR) is 123 cm³/mol. The largest absolute Gasteiger partial charge is 0.393 e. The standard InChI is InChI=1S/C27H42O3/c1-18-8-11-22(28)17-21(18)10-9-20-7-6-15-27(5)23(12-13-24(20)27)19(2)25(29)14-16-26(3,4)30/h9-10,19,22-24,28,30H,1,6-8,11-17H2,2-5H3/b20-9-,21-10+/t19?,22-,23+,24?,27?/m0/s1. The van der Waals surface area contributed by atoms with E-state index in [0.29, 0.717) is 30.5 Å². The van der Waals surface area contributed by atoms with Crippen molar-refractivity contribution in [1.82, 2.24) is 0 Å². The molecule has 0 saturated heterocycles. The van der Waals surface area contributed by atoms with Crippen molar-refractivity contribution in [3.63, 3.8) is 0 Å². The van der Waals surface area contributed by atoms with E-state index in [1.54, 1.807) is 13.8 Å². The molecule has 0 radical (unpaired) electrons. The second-order valence-corrected chi connectivity index (χ2v) is 11.1. The summed E-state index contributed by atoms with van der Waals surface area (Å²) in [5.74, 6) is 1.36. The molecule has 5 atom stereocenters. The molecule has 0 spiro atoms. The third-order valence-corrected chi connectivity index (χ3v) is 8.32. The number of Topliss-reactive ketones (excluding diaryl/α,β-unsaturated/α-hetero) is 1. The van der Waals surface area contributed by atoms with Crippen molar-refractivity contribution in [1.29, 1.82) is 0 Å². The van der Waals surface area contributed by atoms with Gasteiger partial charge in [0, 0.05) is 12.3 Å². The fourth-order valence-electron chi connectivity index (χ4n) is 6.38. The van der Waals surface area contributed by atoms with Gasteiger partial charge in [-0.1, -0.05) is 43.7 Å². The maximum atomic E-state index is 12.9. The maximum absolute atomic E-state index is 12.9. The van der Waals surface area contributed by atoms with E-state index in [4.69, 9.17) is 0 Å². The lowest BCUT2D eigenvalue weighted by Gasteiger charge is -2.44. The van der Waals surface area contributed by atoms with E-state index in [1.807, 2.05) is 0 Å². The molecule has 30 heavy (non-hydrogen) atoms. The number of carbonyl (C=O) groups excluding carboxylic acids is 1. The third kappa shape index (κ3) is 5.16. The summed E-state index contributed by atoms with van der Waals surface area (Å²) in [6, 6.07) is 0. The Morgan fingerprint density at radius 3 is 2.70 bits per heavy atom. The highest BCUT2D eigenvalue weighted by atomic mass is 16.3. The Labute approximate surface area is 183 Å². The summed E-state index contributed by atoms with van der Waals surface area (Å²) in [5, 5.41) is 20.0. The first-order valence-electron chi connectivity index (χ1n) is 12.0. The number of allylic oxidation sites excluding steroid dienone is 4. The Balaban J connectivity index is 1.73. The summed E-state index contributed by atoms with van der Waals surface area (Å²) in [6.07, 6.45) is 13.6. The molecule has 3 saturated carbocycles. The minimum atomic E-state index is -0.775. The van der Waals surface area contributed by atoms with E-state index in [9.17, 15) is 15.0 Å². The monoisotopic (exact) mass is 414 g/mol. The molecular weight excluding hydrogens is 372 g/mol. The molecule has 3 aliphatic rings. The van der Waals surface area contributed by atoms with Gasteiger partial charge in [0.2, 0.25) is 0 Å². The summed E-state index contributed by atoms with van der Waals surface area (Å²) in [4.78, 5) is 12.9. The van der Waals surface area contributed by atoms with Gasteiger partial charge in [0.1, 0.15) is 5.78 Å². The van der Waals surface area contributed by atoms with Crippen molar-refractivity contribution < 1.29 is 15.0 Å². The number of hydrogen-bond donors (Lipinski definition) is 2. The first-order valence-corrected chi connectivity index (χ1v) is 12.0. The highest BCUT2D eigenvalue weighted by molar-refractivity contribution is 5.81. The van der Waals surface area contributed by atoms with E-state index in [-0.39, 0.29) is 17.4 Å². The molecule has 0 bridgehead atoms. The van der Waals surface area contributed by atoms with Crippen LogP contribution in [0.3, 0.4) is 0 Å². The van der Waals surface area contributed by atoms with Crippen LogP contribution >= 0.6 is 0 Å². The second-order valence-electron chi connectivity index (χ2n) is 11.1. The van der Waals surface area contributed by atoms with E-state index >= 15 is 0 Å². The Morgan fingerprint density at radius 2 is 2.00 bits per heavy atom. The molecule has 0 aromatic rings. The van der Waals surface area contributed by atoms with Gasteiger partial charge in [0.25, 0.3) is 0 Å². The highest BCUT2D eigenvalue weighted by Gasteiger charge is 2.51. The van der Waals surface area contributed by atoms with Gasteiger partial charge in [-0.15, -0.1) is 0 Å². The van der Waals surface area contributed by atoms with Gasteiger partial charge in [0.15, 0.2) is 0 Å². The van der Waals surface area contributed by atoms with Gasteiger partial charge in [-0.2, -0.15) is 0 Å². The molecule has 3 fully saturated rings. The van der Waals surface area contributed by atoms with Gasteiger partial charge in [0.05, 0.1) is 11.7 Å².